The number of nitrogens with two attached hydrogens (primary N) is 1. The molecule has 0 bridgehead atoms. The van der Waals surface area contributed by atoms with Gasteiger partial charge in [0.25, 0.3) is 0 Å². The number of primary amides is 1. The van der Waals surface area contributed by atoms with Crippen molar-refractivity contribution >= 4 is 34.9 Å². The number of hydrazine groups is 1. The molecule has 0 aliphatic carbocycles. The van der Waals surface area contributed by atoms with E-state index in [1.807, 2.05) is 0 Å². The predicted octanol–water partition coefficient (Wildman–Crippen LogP) is 2.07. The van der Waals surface area contributed by atoms with Crippen LogP contribution in [0.5, 0.6) is 0 Å². The van der Waals surface area contributed by atoms with Crippen molar-refractivity contribution in [1.29, 1.82) is 0 Å². The molecule has 1 aromatic carbocycles. The molecule has 1 aromatic rings. The van der Waals surface area contributed by atoms with Gasteiger partial charge in [0, 0.05) is 0 Å². The van der Waals surface area contributed by atoms with Gasteiger partial charge in [0.2, 0.25) is 0 Å². The Bertz CT molecular complexity index is 410. The lowest BCUT2D eigenvalue weighted by molar-refractivity contribution is -0.481. The number of nitrogens with zero attached hydrogens (tertiary/aromatic N) is 2. The summed E-state index contributed by atoms with van der Waals surface area (Å²) in [6.07, 6.45) is 0. The molecule has 80 valence electrons. The number of halogens is 2. The van der Waals surface area contributed by atoms with E-state index >= 15 is 0 Å². The average Bonchev–Trinajstić information content (AvgIpc) is 2.10. The van der Waals surface area contributed by atoms with E-state index in [4.69, 9.17) is 28.9 Å². The fourth-order valence-corrected chi connectivity index (χ4v) is 1.21. The molecule has 0 atom stereocenters. The fraction of sp³-hybridized carbons (Fsp3) is 0. The maximum atomic E-state index is 10.8. The first-order valence-corrected chi connectivity index (χ1v) is 4.38. The normalized spacial score (nSPS) is 9.73. The zero-order valence-corrected chi connectivity index (χ0v) is 8.70. The molecule has 15 heavy (non-hydrogen) atoms. The smallest absolute Gasteiger partial charge is 0.347 e. The van der Waals surface area contributed by atoms with Gasteiger partial charge in [-0.25, -0.2) is 14.9 Å². The first-order valence-electron chi connectivity index (χ1n) is 3.62. The van der Waals surface area contributed by atoms with Crippen molar-refractivity contribution in [3.8, 4) is 0 Å². The van der Waals surface area contributed by atoms with Crippen LogP contribution in [-0.2, 0) is 0 Å². The van der Waals surface area contributed by atoms with Crippen LogP contribution in [0, 0.1) is 10.1 Å². The van der Waals surface area contributed by atoms with Crippen molar-refractivity contribution in [2.45, 2.75) is 0 Å². The van der Waals surface area contributed by atoms with Gasteiger partial charge in [-0.3, -0.25) is 0 Å². The van der Waals surface area contributed by atoms with Crippen molar-refractivity contribution in [1.82, 2.24) is 0 Å². The minimum atomic E-state index is -1.21. The van der Waals surface area contributed by atoms with E-state index in [1.54, 1.807) is 0 Å². The Morgan fingerprint density at radius 3 is 2.40 bits per heavy atom. The standard InChI is InChI=1S/C7H5Cl2N3O3/c8-5-2-1-4(3-6(5)9)11(7(10)13)12(14)15/h1-3H,(H2,10,13). The number of anilines is 1. The van der Waals surface area contributed by atoms with Gasteiger partial charge in [-0.15, -0.1) is 0 Å². The van der Waals surface area contributed by atoms with E-state index in [0.29, 0.717) is 0 Å². The number of hydrogen-bond donors (Lipinski definition) is 1. The lowest BCUT2D eigenvalue weighted by atomic mass is 10.3. The van der Waals surface area contributed by atoms with Crippen molar-refractivity contribution in [2.24, 2.45) is 5.73 Å². The molecule has 8 heteroatoms. The quantitative estimate of drug-likeness (QED) is 0.643. The predicted molar refractivity (Wildman–Crippen MR) is 55.5 cm³/mol. The highest BCUT2D eigenvalue weighted by Gasteiger charge is 2.24. The number of carbonyl (C=O) groups is 1. The van der Waals surface area contributed by atoms with Crippen LogP contribution in [-0.4, -0.2) is 11.1 Å². The molecule has 0 aliphatic rings. The van der Waals surface area contributed by atoms with E-state index in [0.717, 1.165) is 0 Å². The number of benzene rings is 1. The van der Waals surface area contributed by atoms with Crippen LogP contribution in [0.1, 0.15) is 0 Å². The molecule has 0 saturated carbocycles. The molecule has 6 nitrogen and oxygen atoms in total. The van der Waals surface area contributed by atoms with E-state index in [1.165, 1.54) is 18.2 Å². The topological polar surface area (TPSA) is 89.5 Å². The lowest BCUT2D eigenvalue weighted by Gasteiger charge is -2.09. The Morgan fingerprint density at radius 1 is 1.40 bits per heavy atom. The molecule has 0 heterocycles. The SMILES string of the molecule is NC(=O)N(c1ccc(Cl)c(Cl)c1)[N+](=O)[O-]. The summed E-state index contributed by atoms with van der Waals surface area (Å²) >= 11 is 11.2. The van der Waals surface area contributed by atoms with Crippen molar-refractivity contribution in [3.05, 3.63) is 38.4 Å². The summed E-state index contributed by atoms with van der Waals surface area (Å²) < 4.78 is 0. The Kier molecular flexibility index (Phi) is 3.33. The van der Waals surface area contributed by atoms with E-state index in [-0.39, 0.29) is 20.7 Å². The second-order valence-electron chi connectivity index (χ2n) is 2.49. The molecule has 0 aromatic heterocycles. The second-order valence-corrected chi connectivity index (χ2v) is 3.30. The summed E-state index contributed by atoms with van der Waals surface area (Å²) in [4.78, 5) is 21.3. The fourth-order valence-electron chi connectivity index (χ4n) is 0.919. The Morgan fingerprint density at radius 2 is 2.00 bits per heavy atom. The Labute approximate surface area is 94.3 Å². The monoisotopic (exact) mass is 249 g/mol. The highest BCUT2D eigenvalue weighted by atomic mass is 35.5. The van der Waals surface area contributed by atoms with Gasteiger partial charge in [0.15, 0.2) is 5.03 Å². The van der Waals surface area contributed by atoms with Gasteiger partial charge in [-0.2, -0.15) is 0 Å². The van der Waals surface area contributed by atoms with Gasteiger partial charge in [-0.05, 0) is 23.2 Å². The minimum absolute atomic E-state index is 0.0538. The molecule has 0 saturated heterocycles. The summed E-state index contributed by atoms with van der Waals surface area (Å²) in [5.41, 5.74) is 4.77. The average molecular weight is 250 g/mol. The van der Waals surface area contributed by atoms with Gasteiger partial charge >= 0.3 is 6.03 Å². The number of hydrogen-bond acceptors (Lipinski definition) is 3. The molecule has 0 spiro atoms. The van der Waals surface area contributed by atoms with Gasteiger partial charge < -0.3 is 5.73 Å². The number of carbonyl (C=O) groups excluding carboxylic acids is 1. The second kappa shape index (κ2) is 4.33. The molecule has 0 unspecified atom stereocenters. The van der Waals surface area contributed by atoms with Crippen LogP contribution < -0.4 is 10.7 Å². The molecule has 2 N–H and O–H groups in total. The third-order valence-corrected chi connectivity index (χ3v) is 2.26. The molecular weight excluding hydrogens is 245 g/mol. The molecule has 2 amide bonds. The van der Waals surface area contributed by atoms with Crippen LogP contribution in [0.4, 0.5) is 10.5 Å². The van der Waals surface area contributed by atoms with Crippen LogP contribution in [0.2, 0.25) is 10.0 Å². The minimum Gasteiger partial charge on any atom is -0.347 e. The summed E-state index contributed by atoms with van der Waals surface area (Å²) in [5.74, 6) is 0. The molecule has 0 aliphatic heterocycles. The molecular formula is C7H5Cl2N3O3. The number of amides is 2. The first-order chi connectivity index (χ1) is 6.93. The van der Waals surface area contributed by atoms with Crippen LogP contribution >= 0.6 is 23.2 Å². The molecule has 0 radical (unpaired) electrons. The first kappa shape index (κ1) is 11.5. The van der Waals surface area contributed by atoms with Crippen molar-refractivity contribution in [2.75, 3.05) is 5.01 Å². The highest BCUT2D eigenvalue weighted by molar-refractivity contribution is 6.42. The lowest BCUT2D eigenvalue weighted by Crippen LogP contribution is -2.40. The van der Waals surface area contributed by atoms with Gasteiger partial charge in [0.1, 0.15) is 5.69 Å². The largest absolute Gasteiger partial charge is 0.378 e. The summed E-state index contributed by atoms with van der Waals surface area (Å²) in [7, 11) is 0. The summed E-state index contributed by atoms with van der Waals surface area (Å²) in [6.45, 7) is 0. The molecule has 0 fully saturated rings. The van der Waals surface area contributed by atoms with E-state index in [9.17, 15) is 14.9 Å². The maximum Gasteiger partial charge on any atom is 0.378 e. The van der Waals surface area contributed by atoms with Crippen LogP contribution in [0.25, 0.3) is 0 Å². The maximum absolute atomic E-state index is 10.8. The van der Waals surface area contributed by atoms with Gasteiger partial charge in [0.05, 0.1) is 10.0 Å². The van der Waals surface area contributed by atoms with Crippen molar-refractivity contribution < 1.29 is 9.83 Å². The zero-order valence-electron chi connectivity index (χ0n) is 7.18. The van der Waals surface area contributed by atoms with Crippen molar-refractivity contribution in [3.63, 3.8) is 0 Å². The van der Waals surface area contributed by atoms with Crippen LogP contribution in [0.15, 0.2) is 18.2 Å². The number of nitro groups is 1. The number of rotatable bonds is 2. The third kappa shape index (κ3) is 2.48. The van der Waals surface area contributed by atoms with E-state index in [2.05, 4.69) is 0 Å². The van der Waals surface area contributed by atoms with Gasteiger partial charge in [-0.1, -0.05) is 23.2 Å². The van der Waals surface area contributed by atoms with Crippen LogP contribution in [0.3, 0.4) is 0 Å². The molecule has 1 rings (SSSR count). The highest BCUT2D eigenvalue weighted by Crippen LogP contribution is 2.27. The Balaban J connectivity index is 3.18. The van der Waals surface area contributed by atoms with E-state index < -0.39 is 11.1 Å². The summed E-state index contributed by atoms with van der Waals surface area (Å²) in [5, 5.41) is 10.0. The number of urea groups is 1. The third-order valence-electron chi connectivity index (χ3n) is 1.52. The Hall–Kier alpha value is -1.53. The summed E-state index contributed by atoms with van der Waals surface area (Å²) in [6, 6.07) is 2.57. The zero-order chi connectivity index (χ0) is 11.6.